The van der Waals surface area contributed by atoms with E-state index in [1.54, 1.807) is 6.08 Å². The first kappa shape index (κ1) is 13.3. The molecule has 0 bridgehead atoms. The van der Waals surface area contributed by atoms with E-state index in [4.69, 9.17) is 17.3 Å². The molecule has 2 aromatic rings. The van der Waals surface area contributed by atoms with E-state index in [0.29, 0.717) is 23.2 Å². The lowest BCUT2D eigenvalue weighted by atomic mass is 10.1. The highest BCUT2D eigenvalue weighted by molar-refractivity contribution is 6.30. The van der Waals surface area contributed by atoms with Crippen molar-refractivity contribution in [2.24, 2.45) is 0 Å². The zero-order valence-electron chi connectivity index (χ0n) is 10.5. The first-order valence-electron chi connectivity index (χ1n) is 5.75. The summed E-state index contributed by atoms with van der Waals surface area (Å²) in [5.74, 6) is 0.846. The van der Waals surface area contributed by atoms with E-state index in [9.17, 15) is 0 Å². The van der Waals surface area contributed by atoms with E-state index in [-0.39, 0.29) is 0 Å². The fourth-order valence-corrected chi connectivity index (χ4v) is 2.02. The van der Waals surface area contributed by atoms with E-state index >= 15 is 0 Å². The third-order valence-electron chi connectivity index (χ3n) is 2.61. The second-order valence-electron chi connectivity index (χ2n) is 3.89. The Hall–Kier alpha value is -2.14. The number of nitrogens with two attached hydrogens (primary N) is 1. The number of hydrogen-bond acceptors (Lipinski definition) is 4. The molecular formula is C13H14ClN5. The van der Waals surface area contributed by atoms with Crippen LogP contribution in [-0.4, -0.2) is 19.6 Å². The van der Waals surface area contributed by atoms with Gasteiger partial charge in [0.05, 0.1) is 0 Å². The Balaban J connectivity index is 2.49. The number of rotatable bonds is 4. The van der Waals surface area contributed by atoms with Gasteiger partial charge in [-0.1, -0.05) is 42.5 Å². The Kier molecular flexibility index (Phi) is 3.97. The summed E-state index contributed by atoms with van der Waals surface area (Å²) >= 11 is 6.16. The topological polar surface area (TPSA) is 69.1 Å². The fraction of sp³-hybridized carbons (Fsp3) is 0.154. The molecule has 0 aliphatic carbocycles. The summed E-state index contributed by atoms with van der Waals surface area (Å²) in [5.41, 5.74) is 7.83. The van der Waals surface area contributed by atoms with Crippen LogP contribution in [0.25, 0.3) is 5.78 Å². The maximum atomic E-state index is 6.16. The summed E-state index contributed by atoms with van der Waals surface area (Å²) in [4.78, 5) is 8.13. The molecule has 0 saturated carbocycles. The van der Waals surface area contributed by atoms with Crippen molar-refractivity contribution < 1.29 is 0 Å². The molecule has 0 unspecified atom stereocenters. The zero-order chi connectivity index (χ0) is 13.8. The van der Waals surface area contributed by atoms with Gasteiger partial charge < -0.3 is 5.73 Å². The van der Waals surface area contributed by atoms with Crippen molar-refractivity contribution in [1.29, 1.82) is 0 Å². The number of hydrogen-bond donors (Lipinski definition) is 1. The van der Waals surface area contributed by atoms with Crippen molar-refractivity contribution in [2.45, 2.75) is 13.3 Å². The average molecular weight is 276 g/mol. The van der Waals surface area contributed by atoms with E-state index in [1.807, 2.05) is 25.2 Å². The Bertz CT molecular complexity index is 669. The van der Waals surface area contributed by atoms with E-state index in [0.717, 1.165) is 11.1 Å². The molecule has 2 N–H and O–H groups in total. The van der Waals surface area contributed by atoms with Crippen LogP contribution in [0.1, 0.15) is 12.5 Å². The molecule has 6 heteroatoms. The lowest BCUT2D eigenvalue weighted by Crippen LogP contribution is -2.07. The Labute approximate surface area is 116 Å². The molecule has 2 aromatic heterocycles. The first-order valence-corrected chi connectivity index (χ1v) is 6.13. The summed E-state index contributed by atoms with van der Waals surface area (Å²) in [6.45, 7) is 5.64. The monoisotopic (exact) mass is 275 g/mol. The van der Waals surface area contributed by atoms with Crippen LogP contribution in [0.5, 0.6) is 0 Å². The van der Waals surface area contributed by atoms with Crippen LogP contribution in [0.4, 0.5) is 5.82 Å². The molecule has 0 spiro atoms. The van der Waals surface area contributed by atoms with Gasteiger partial charge in [-0.2, -0.15) is 19.6 Å². The molecule has 19 heavy (non-hydrogen) atoms. The van der Waals surface area contributed by atoms with Gasteiger partial charge >= 0.3 is 0 Å². The molecule has 0 aliphatic rings. The average Bonchev–Trinajstić information content (AvgIpc) is 2.83. The minimum atomic E-state index is 0.345. The number of allylic oxidation sites excluding steroid dienone is 5. The summed E-state index contributed by atoms with van der Waals surface area (Å²) in [5, 5.41) is 4.37. The lowest BCUT2D eigenvalue weighted by Gasteiger charge is -2.09. The number of anilines is 1. The van der Waals surface area contributed by atoms with Crippen molar-refractivity contribution in [2.75, 3.05) is 5.73 Å². The molecule has 0 aromatic carbocycles. The quantitative estimate of drug-likeness (QED) is 0.688. The van der Waals surface area contributed by atoms with Gasteiger partial charge in [0.2, 0.25) is 0 Å². The van der Waals surface area contributed by atoms with Crippen molar-refractivity contribution >= 4 is 23.2 Å². The predicted molar refractivity (Wildman–Crippen MR) is 77.0 cm³/mol. The van der Waals surface area contributed by atoms with E-state index in [2.05, 4.69) is 21.6 Å². The number of nitrogen functional groups attached to an aromatic ring is 1. The largest absolute Gasteiger partial charge is 0.383 e. The van der Waals surface area contributed by atoms with Gasteiger partial charge in [-0.25, -0.2) is 0 Å². The van der Waals surface area contributed by atoms with E-state index < -0.39 is 0 Å². The molecule has 0 fully saturated rings. The Morgan fingerprint density at radius 1 is 1.58 bits per heavy atom. The van der Waals surface area contributed by atoms with Gasteiger partial charge in [-0.3, -0.25) is 0 Å². The SMILES string of the molecule is C=C/C=C(\C=C/C)Cc1c(Cl)nc2ncnn2c1N. The molecule has 2 rings (SSSR count). The van der Waals surface area contributed by atoms with Crippen LogP contribution in [0, 0.1) is 0 Å². The van der Waals surface area contributed by atoms with Crippen LogP contribution in [-0.2, 0) is 6.42 Å². The van der Waals surface area contributed by atoms with Gasteiger partial charge in [0.15, 0.2) is 0 Å². The standard InChI is InChI=1S/C13H14ClN5/c1-3-5-9(6-4-2)7-10-11(14)18-13-16-8-17-19(13)12(10)15/h3-6,8H,1,7,15H2,2H3/b6-4-,9-5+. The van der Waals surface area contributed by atoms with Crippen molar-refractivity contribution in [1.82, 2.24) is 19.6 Å². The number of fused-ring (bicyclic) bond motifs is 1. The number of nitrogens with zero attached hydrogens (tertiary/aromatic N) is 4. The smallest absolute Gasteiger partial charge is 0.255 e. The van der Waals surface area contributed by atoms with Gasteiger partial charge in [0.25, 0.3) is 5.78 Å². The maximum Gasteiger partial charge on any atom is 0.255 e. The highest BCUT2D eigenvalue weighted by Crippen LogP contribution is 2.24. The van der Waals surface area contributed by atoms with Gasteiger partial charge in [0.1, 0.15) is 17.3 Å². The molecular weight excluding hydrogens is 262 g/mol. The fourth-order valence-electron chi connectivity index (χ4n) is 1.78. The van der Waals surface area contributed by atoms with Crippen LogP contribution in [0.15, 0.2) is 42.8 Å². The van der Waals surface area contributed by atoms with Crippen LogP contribution < -0.4 is 5.73 Å². The number of halogens is 1. The van der Waals surface area contributed by atoms with Gasteiger partial charge in [0, 0.05) is 12.0 Å². The molecule has 98 valence electrons. The van der Waals surface area contributed by atoms with Crippen LogP contribution in [0.3, 0.4) is 0 Å². The first-order chi connectivity index (χ1) is 9.17. The minimum absolute atomic E-state index is 0.345. The van der Waals surface area contributed by atoms with Crippen molar-refractivity contribution in [3.63, 3.8) is 0 Å². The normalized spacial score (nSPS) is 12.4. The highest BCUT2D eigenvalue weighted by Gasteiger charge is 2.13. The van der Waals surface area contributed by atoms with E-state index in [1.165, 1.54) is 10.8 Å². The third kappa shape index (κ3) is 2.66. The summed E-state index contributed by atoms with van der Waals surface area (Å²) in [6, 6.07) is 0. The predicted octanol–water partition coefficient (Wildman–Crippen LogP) is 2.59. The van der Waals surface area contributed by atoms with Gasteiger partial charge in [-0.15, -0.1) is 0 Å². The Morgan fingerprint density at radius 2 is 2.37 bits per heavy atom. The summed E-state index contributed by atoms with van der Waals surface area (Å²) < 4.78 is 1.47. The third-order valence-corrected chi connectivity index (χ3v) is 2.92. The van der Waals surface area contributed by atoms with Gasteiger partial charge in [-0.05, 0) is 12.5 Å². The summed E-state index contributed by atoms with van der Waals surface area (Å²) in [6.07, 6.45) is 9.50. The number of aromatic nitrogens is 4. The molecule has 0 amide bonds. The molecule has 5 nitrogen and oxygen atoms in total. The maximum absolute atomic E-state index is 6.16. The molecule has 0 aliphatic heterocycles. The second kappa shape index (κ2) is 5.67. The molecule has 0 radical (unpaired) electrons. The van der Waals surface area contributed by atoms with Crippen LogP contribution >= 0.6 is 11.6 Å². The lowest BCUT2D eigenvalue weighted by molar-refractivity contribution is 0.930. The molecule has 0 saturated heterocycles. The van der Waals surface area contributed by atoms with Crippen LogP contribution in [0.2, 0.25) is 5.15 Å². The molecule has 2 heterocycles. The summed E-state index contributed by atoms with van der Waals surface area (Å²) in [7, 11) is 0. The minimum Gasteiger partial charge on any atom is -0.383 e. The zero-order valence-corrected chi connectivity index (χ0v) is 11.3. The van der Waals surface area contributed by atoms with Crippen molar-refractivity contribution in [3.05, 3.63) is 53.5 Å². The Morgan fingerprint density at radius 3 is 3.05 bits per heavy atom. The van der Waals surface area contributed by atoms with Crippen molar-refractivity contribution in [3.8, 4) is 0 Å². The highest BCUT2D eigenvalue weighted by atomic mass is 35.5. The second-order valence-corrected chi connectivity index (χ2v) is 4.25. The molecule has 0 atom stereocenters.